The fraction of sp³-hybridized carbons (Fsp3) is 0.433. The van der Waals surface area contributed by atoms with E-state index in [2.05, 4.69) is 35.7 Å². The molecule has 1 saturated heterocycles. The zero-order valence-electron chi connectivity index (χ0n) is 25.3. The number of nitrogens with zero attached hydrogens (tertiary/aromatic N) is 10. The summed E-state index contributed by atoms with van der Waals surface area (Å²) in [5, 5.41) is 19.8. The van der Waals surface area contributed by atoms with Crippen molar-refractivity contribution in [1.29, 1.82) is 0 Å². The number of hydrogen-bond acceptors (Lipinski definition) is 13. The van der Waals surface area contributed by atoms with Crippen molar-refractivity contribution in [3.05, 3.63) is 60.5 Å². The summed E-state index contributed by atoms with van der Waals surface area (Å²) in [5.41, 5.74) is 2.09. The number of rotatable bonds is 11. The molecule has 0 bridgehead atoms. The Morgan fingerprint density at radius 2 is 1.91 bits per heavy atom. The molecular formula is C30H34ClN11O4. The van der Waals surface area contributed by atoms with Crippen LogP contribution in [-0.2, 0) is 11.3 Å². The van der Waals surface area contributed by atoms with Crippen molar-refractivity contribution in [3.8, 4) is 29.0 Å². The van der Waals surface area contributed by atoms with Gasteiger partial charge in [-0.15, -0.1) is 10.2 Å². The van der Waals surface area contributed by atoms with E-state index in [0.29, 0.717) is 46.6 Å². The van der Waals surface area contributed by atoms with Crippen molar-refractivity contribution in [2.24, 2.45) is 0 Å². The Kier molecular flexibility index (Phi) is 9.03. The van der Waals surface area contributed by atoms with Crippen LogP contribution in [0.5, 0.6) is 17.7 Å². The molecule has 0 radical (unpaired) electrons. The number of tetrazole rings is 1. The van der Waals surface area contributed by atoms with Gasteiger partial charge in [-0.25, -0.2) is 14.6 Å². The molecule has 1 atom stereocenters. The number of nitrogens with one attached hydrogen (secondary N) is 1. The average molecular weight is 648 g/mol. The Morgan fingerprint density at radius 1 is 1.07 bits per heavy atom. The third-order valence-electron chi connectivity index (χ3n) is 8.19. The molecule has 1 aliphatic carbocycles. The summed E-state index contributed by atoms with van der Waals surface area (Å²) in [6, 6.07) is 8.17. The third kappa shape index (κ3) is 7.11. The summed E-state index contributed by atoms with van der Waals surface area (Å²) in [6.07, 6.45) is 12.3. The van der Waals surface area contributed by atoms with Crippen molar-refractivity contribution in [3.63, 3.8) is 0 Å². The SMILES string of the molecule is C[C@@H](Cn1cnnn1)Oc1cc(-c2ccnc(Nc3cn(C4CCC(N5CCOCC5)CC4)nc3Oc3ncco3)n2)ccc1Cl. The first-order valence-corrected chi connectivity index (χ1v) is 15.7. The summed E-state index contributed by atoms with van der Waals surface area (Å²) >= 11 is 6.48. The molecule has 1 aromatic carbocycles. The third-order valence-corrected chi connectivity index (χ3v) is 8.50. The Bertz CT molecular complexity index is 1700. The zero-order chi connectivity index (χ0) is 31.3. The van der Waals surface area contributed by atoms with Gasteiger partial charge in [-0.2, -0.15) is 4.98 Å². The first-order valence-electron chi connectivity index (χ1n) is 15.3. The minimum Gasteiger partial charge on any atom is -0.487 e. The first-order chi connectivity index (χ1) is 22.6. The number of halogens is 1. The second-order valence-corrected chi connectivity index (χ2v) is 11.7. The number of anilines is 2. The first kappa shape index (κ1) is 30.1. The van der Waals surface area contributed by atoms with Crippen LogP contribution in [0.4, 0.5) is 11.6 Å². The van der Waals surface area contributed by atoms with Gasteiger partial charge < -0.3 is 23.9 Å². The monoisotopic (exact) mass is 647 g/mol. The molecule has 0 amide bonds. The summed E-state index contributed by atoms with van der Waals surface area (Å²) in [6.45, 7) is 6.02. The van der Waals surface area contributed by atoms with Gasteiger partial charge in [0.1, 0.15) is 30.1 Å². The van der Waals surface area contributed by atoms with E-state index in [1.54, 1.807) is 16.9 Å². The van der Waals surface area contributed by atoms with Crippen LogP contribution in [0, 0.1) is 0 Å². The quantitative estimate of drug-likeness (QED) is 0.209. The van der Waals surface area contributed by atoms with Crippen LogP contribution in [0.2, 0.25) is 5.02 Å². The number of ether oxygens (including phenoxy) is 3. The second-order valence-electron chi connectivity index (χ2n) is 11.3. The molecule has 1 aliphatic heterocycles. The van der Waals surface area contributed by atoms with Crippen LogP contribution in [0.25, 0.3) is 11.3 Å². The van der Waals surface area contributed by atoms with Crippen LogP contribution in [-0.4, -0.2) is 88.3 Å². The number of benzene rings is 1. The van der Waals surface area contributed by atoms with Crippen molar-refractivity contribution in [2.45, 2.75) is 57.3 Å². The molecule has 7 rings (SSSR count). The number of oxazole rings is 1. The molecule has 15 nitrogen and oxygen atoms in total. The lowest BCUT2D eigenvalue weighted by Crippen LogP contribution is -2.45. The van der Waals surface area contributed by atoms with E-state index in [0.717, 1.165) is 57.6 Å². The van der Waals surface area contributed by atoms with E-state index in [9.17, 15) is 0 Å². The second kappa shape index (κ2) is 13.8. The number of morpholine rings is 1. The average Bonchev–Trinajstić information content (AvgIpc) is 3.87. The van der Waals surface area contributed by atoms with E-state index in [1.807, 2.05) is 36.0 Å². The van der Waals surface area contributed by atoms with Gasteiger partial charge in [0, 0.05) is 30.9 Å². The van der Waals surface area contributed by atoms with Gasteiger partial charge in [0.2, 0.25) is 5.95 Å². The molecule has 1 N–H and O–H groups in total. The van der Waals surface area contributed by atoms with Gasteiger partial charge in [-0.1, -0.05) is 17.7 Å². The van der Waals surface area contributed by atoms with Gasteiger partial charge >= 0.3 is 6.08 Å². The zero-order valence-corrected chi connectivity index (χ0v) is 26.0. The lowest BCUT2D eigenvalue weighted by atomic mass is 9.90. The van der Waals surface area contributed by atoms with Gasteiger partial charge in [0.15, 0.2) is 0 Å². The summed E-state index contributed by atoms with van der Waals surface area (Å²) < 4.78 is 26.5. The van der Waals surface area contributed by atoms with Crippen molar-refractivity contribution in [2.75, 3.05) is 31.6 Å². The summed E-state index contributed by atoms with van der Waals surface area (Å²) in [5.74, 6) is 1.22. The molecule has 2 aliphatic rings. The maximum Gasteiger partial charge on any atom is 0.400 e. The molecule has 46 heavy (non-hydrogen) atoms. The fourth-order valence-electron chi connectivity index (χ4n) is 5.93. The number of hydrogen-bond donors (Lipinski definition) is 1. The highest BCUT2D eigenvalue weighted by molar-refractivity contribution is 6.32. The van der Waals surface area contributed by atoms with Crippen molar-refractivity contribution >= 4 is 23.2 Å². The summed E-state index contributed by atoms with van der Waals surface area (Å²) in [7, 11) is 0. The molecule has 2 fully saturated rings. The van der Waals surface area contributed by atoms with E-state index in [4.69, 9.17) is 40.3 Å². The maximum absolute atomic E-state index is 6.48. The minimum absolute atomic E-state index is 0.0991. The molecule has 4 aromatic heterocycles. The fourth-order valence-corrected chi connectivity index (χ4v) is 6.09. The van der Waals surface area contributed by atoms with E-state index in [-0.39, 0.29) is 18.2 Å². The van der Waals surface area contributed by atoms with Gasteiger partial charge in [0.25, 0.3) is 5.88 Å². The molecule has 16 heteroatoms. The highest BCUT2D eigenvalue weighted by Gasteiger charge is 2.29. The molecule has 0 spiro atoms. The molecule has 5 aromatic rings. The number of aromatic nitrogens is 9. The smallest absolute Gasteiger partial charge is 0.400 e. The topological polar surface area (TPSA) is 156 Å². The van der Waals surface area contributed by atoms with E-state index in [1.165, 1.54) is 18.8 Å². The van der Waals surface area contributed by atoms with Crippen LogP contribution in [0.3, 0.4) is 0 Å². The normalized spacial score (nSPS) is 19.5. The van der Waals surface area contributed by atoms with Gasteiger partial charge in [-0.3, -0.25) is 9.58 Å². The van der Waals surface area contributed by atoms with E-state index < -0.39 is 0 Å². The standard InChI is InChI=1S/C30H34ClN11O4/c1-20(17-41-19-34-38-39-41)45-27-16-21(2-7-24(27)31)25-8-9-32-29(35-25)36-26-18-42(37-28(26)46-30-33-10-13-44-30)23-5-3-22(4-6-23)40-11-14-43-15-12-40/h2,7-10,13,16,18-20,22-23H,3-6,11-12,14-15,17H2,1H3,(H,32,35,36)/t20-,22?,23?/m0/s1. The Labute approximate surface area is 269 Å². The lowest BCUT2D eigenvalue weighted by molar-refractivity contribution is 0.00503. The predicted molar refractivity (Wildman–Crippen MR) is 166 cm³/mol. The van der Waals surface area contributed by atoms with Crippen LogP contribution < -0.4 is 14.8 Å². The highest BCUT2D eigenvalue weighted by atomic mass is 35.5. The Hall–Kier alpha value is -4.60. The van der Waals surface area contributed by atoms with Crippen molar-refractivity contribution < 1.29 is 18.6 Å². The summed E-state index contributed by atoms with van der Waals surface area (Å²) in [4.78, 5) is 15.9. The maximum atomic E-state index is 6.48. The van der Waals surface area contributed by atoms with Crippen LogP contribution in [0.1, 0.15) is 38.6 Å². The molecule has 1 saturated carbocycles. The predicted octanol–water partition coefficient (Wildman–Crippen LogP) is 4.79. The lowest BCUT2D eigenvalue weighted by Gasteiger charge is -2.38. The van der Waals surface area contributed by atoms with Gasteiger partial charge in [-0.05, 0) is 61.2 Å². The largest absolute Gasteiger partial charge is 0.487 e. The Morgan fingerprint density at radius 3 is 2.70 bits per heavy atom. The van der Waals surface area contributed by atoms with Crippen molar-refractivity contribution in [1.82, 2.24) is 49.8 Å². The minimum atomic E-state index is -0.230. The molecular weight excluding hydrogens is 614 g/mol. The van der Waals surface area contributed by atoms with Crippen LogP contribution >= 0.6 is 11.6 Å². The molecule has 240 valence electrons. The molecule has 5 heterocycles. The highest BCUT2D eigenvalue weighted by Crippen LogP contribution is 2.36. The van der Waals surface area contributed by atoms with Crippen LogP contribution in [0.15, 0.2) is 59.9 Å². The molecule has 0 unspecified atom stereocenters. The Balaban J connectivity index is 1.08. The van der Waals surface area contributed by atoms with E-state index >= 15 is 0 Å². The van der Waals surface area contributed by atoms with Gasteiger partial charge in [0.05, 0.1) is 48.9 Å².